The molecule has 1 aliphatic rings. The molecule has 1 heterocycles. The highest BCUT2D eigenvalue weighted by Crippen LogP contribution is 2.25. The molecule has 7 nitrogen and oxygen atoms in total. The first-order chi connectivity index (χ1) is 13.6. The van der Waals surface area contributed by atoms with Gasteiger partial charge in [-0.15, -0.1) is 24.0 Å². The van der Waals surface area contributed by atoms with Gasteiger partial charge in [-0.25, -0.2) is 0 Å². The van der Waals surface area contributed by atoms with Crippen molar-refractivity contribution in [3.05, 3.63) is 23.8 Å². The van der Waals surface area contributed by atoms with E-state index in [4.69, 9.17) is 19.2 Å². The molecule has 1 atom stereocenters. The Balaban J connectivity index is 0.00000420. The molecular formula is C21H37IN4O3. The Morgan fingerprint density at radius 2 is 2.00 bits per heavy atom. The normalized spacial score (nSPS) is 16.0. The molecule has 1 N–H and O–H groups in total. The molecule has 1 aromatic rings. The summed E-state index contributed by atoms with van der Waals surface area (Å²) in [5.74, 6) is 3.02. The number of hydrogen-bond donors (Lipinski definition) is 1. The lowest BCUT2D eigenvalue weighted by Gasteiger charge is -2.29. The van der Waals surface area contributed by atoms with Crippen LogP contribution in [0.1, 0.15) is 19.4 Å². The van der Waals surface area contributed by atoms with Crippen molar-refractivity contribution in [2.45, 2.75) is 20.4 Å². The zero-order valence-corrected chi connectivity index (χ0v) is 20.8. The number of hydrogen-bond acceptors (Lipinski definition) is 5. The molecule has 0 bridgehead atoms. The first-order valence-electron chi connectivity index (χ1n) is 10.1. The molecule has 1 fully saturated rings. The molecule has 8 heteroatoms. The van der Waals surface area contributed by atoms with Crippen LogP contribution in [0.3, 0.4) is 0 Å². The van der Waals surface area contributed by atoms with Gasteiger partial charge in [-0.05, 0) is 25.0 Å². The molecule has 1 unspecified atom stereocenters. The smallest absolute Gasteiger partial charge is 0.193 e. The highest BCUT2D eigenvalue weighted by atomic mass is 127. The molecule has 1 aromatic carbocycles. The predicted octanol–water partition coefficient (Wildman–Crippen LogP) is 2.69. The standard InChI is InChI=1S/C21H36N4O3.HI/c1-6-22-21(23-14-17(2)15-25-9-11-28-12-10-25)24(3)16-18-7-8-19(26-4)13-20(18)27-5;/h7-8,13,17H,6,9-12,14-16H2,1-5H3,(H,22,23);1H. The summed E-state index contributed by atoms with van der Waals surface area (Å²) in [6.07, 6.45) is 0. The second-order valence-corrected chi connectivity index (χ2v) is 7.25. The van der Waals surface area contributed by atoms with Crippen molar-refractivity contribution in [3.8, 4) is 11.5 Å². The fraction of sp³-hybridized carbons (Fsp3) is 0.667. The number of aliphatic imine (C=N–C) groups is 1. The molecule has 0 radical (unpaired) electrons. The molecule has 166 valence electrons. The van der Waals surface area contributed by atoms with E-state index >= 15 is 0 Å². The lowest BCUT2D eigenvalue weighted by molar-refractivity contribution is 0.0323. The number of benzene rings is 1. The molecule has 0 aromatic heterocycles. The van der Waals surface area contributed by atoms with E-state index in [0.29, 0.717) is 12.5 Å². The summed E-state index contributed by atoms with van der Waals surface area (Å²) in [5.41, 5.74) is 1.10. The Labute approximate surface area is 192 Å². The van der Waals surface area contributed by atoms with Crippen LogP contribution in [-0.4, -0.2) is 83.0 Å². The van der Waals surface area contributed by atoms with Gasteiger partial charge in [-0.2, -0.15) is 0 Å². The number of methoxy groups -OCH3 is 2. The summed E-state index contributed by atoms with van der Waals surface area (Å²) in [5, 5.41) is 3.40. The summed E-state index contributed by atoms with van der Waals surface area (Å²) in [6, 6.07) is 5.91. The maximum absolute atomic E-state index is 5.53. The third kappa shape index (κ3) is 8.55. The van der Waals surface area contributed by atoms with Crippen molar-refractivity contribution < 1.29 is 14.2 Å². The van der Waals surface area contributed by atoms with Gasteiger partial charge < -0.3 is 24.4 Å². The monoisotopic (exact) mass is 520 g/mol. The predicted molar refractivity (Wildman–Crippen MR) is 129 cm³/mol. The van der Waals surface area contributed by atoms with Gasteiger partial charge >= 0.3 is 0 Å². The van der Waals surface area contributed by atoms with Crippen molar-refractivity contribution in [3.63, 3.8) is 0 Å². The Hall–Kier alpha value is -1.26. The quantitative estimate of drug-likeness (QED) is 0.307. The van der Waals surface area contributed by atoms with Crippen LogP contribution in [0.25, 0.3) is 0 Å². The molecule has 2 rings (SSSR count). The SMILES string of the molecule is CCNC(=NCC(C)CN1CCOCC1)N(C)Cc1ccc(OC)cc1OC.I. The lowest BCUT2D eigenvalue weighted by Crippen LogP contribution is -2.40. The highest BCUT2D eigenvalue weighted by Gasteiger charge is 2.15. The Bertz CT molecular complexity index is 624. The van der Waals surface area contributed by atoms with E-state index in [2.05, 4.69) is 36.0 Å². The summed E-state index contributed by atoms with van der Waals surface area (Å²) in [7, 11) is 5.40. The summed E-state index contributed by atoms with van der Waals surface area (Å²) >= 11 is 0. The second kappa shape index (κ2) is 13.9. The Morgan fingerprint density at radius 3 is 2.62 bits per heavy atom. The van der Waals surface area contributed by atoms with Crippen molar-refractivity contribution >= 4 is 29.9 Å². The second-order valence-electron chi connectivity index (χ2n) is 7.25. The van der Waals surface area contributed by atoms with Crippen LogP contribution in [0.4, 0.5) is 0 Å². The van der Waals surface area contributed by atoms with Gasteiger partial charge in [0.05, 0.1) is 27.4 Å². The maximum Gasteiger partial charge on any atom is 0.193 e. The van der Waals surface area contributed by atoms with E-state index in [1.54, 1.807) is 14.2 Å². The van der Waals surface area contributed by atoms with Crippen LogP contribution in [-0.2, 0) is 11.3 Å². The number of guanidine groups is 1. The molecule has 0 amide bonds. The van der Waals surface area contributed by atoms with Gasteiger partial charge in [-0.1, -0.05) is 6.92 Å². The average molecular weight is 520 g/mol. The van der Waals surface area contributed by atoms with Crippen LogP contribution in [0.15, 0.2) is 23.2 Å². The van der Waals surface area contributed by atoms with E-state index in [9.17, 15) is 0 Å². The van der Waals surface area contributed by atoms with E-state index in [0.717, 1.165) is 69.0 Å². The van der Waals surface area contributed by atoms with Crippen LogP contribution in [0.2, 0.25) is 0 Å². The first kappa shape index (κ1) is 25.8. The third-order valence-corrected chi connectivity index (χ3v) is 4.82. The molecule has 0 aliphatic carbocycles. The number of rotatable bonds is 9. The minimum atomic E-state index is 0. The zero-order valence-electron chi connectivity index (χ0n) is 18.4. The van der Waals surface area contributed by atoms with E-state index in [1.165, 1.54) is 0 Å². The van der Waals surface area contributed by atoms with E-state index < -0.39 is 0 Å². The van der Waals surface area contributed by atoms with Gasteiger partial charge in [0.1, 0.15) is 11.5 Å². The van der Waals surface area contributed by atoms with Gasteiger partial charge in [0, 0.05) is 57.9 Å². The van der Waals surface area contributed by atoms with Gasteiger partial charge in [0.15, 0.2) is 5.96 Å². The number of halogens is 1. The van der Waals surface area contributed by atoms with Crippen LogP contribution in [0.5, 0.6) is 11.5 Å². The number of ether oxygens (including phenoxy) is 3. The van der Waals surface area contributed by atoms with E-state index in [1.807, 2.05) is 18.2 Å². The minimum Gasteiger partial charge on any atom is -0.497 e. The molecular weight excluding hydrogens is 483 g/mol. The summed E-state index contributed by atoms with van der Waals surface area (Å²) < 4.78 is 16.2. The fourth-order valence-electron chi connectivity index (χ4n) is 3.31. The Morgan fingerprint density at radius 1 is 1.28 bits per heavy atom. The zero-order chi connectivity index (χ0) is 20.4. The van der Waals surface area contributed by atoms with Crippen molar-refractivity contribution in [2.24, 2.45) is 10.9 Å². The molecule has 0 spiro atoms. The number of morpholine rings is 1. The molecule has 0 saturated carbocycles. The van der Waals surface area contributed by atoms with Crippen molar-refractivity contribution in [2.75, 3.05) is 67.2 Å². The van der Waals surface area contributed by atoms with Crippen LogP contribution < -0.4 is 14.8 Å². The largest absolute Gasteiger partial charge is 0.497 e. The van der Waals surface area contributed by atoms with Gasteiger partial charge in [-0.3, -0.25) is 9.89 Å². The topological polar surface area (TPSA) is 58.6 Å². The number of nitrogens with one attached hydrogen (secondary N) is 1. The average Bonchev–Trinajstić information content (AvgIpc) is 2.72. The van der Waals surface area contributed by atoms with Crippen LogP contribution in [0, 0.1) is 5.92 Å². The molecule has 1 aliphatic heterocycles. The third-order valence-electron chi connectivity index (χ3n) is 4.82. The van der Waals surface area contributed by atoms with Gasteiger partial charge in [0.2, 0.25) is 0 Å². The van der Waals surface area contributed by atoms with Gasteiger partial charge in [0.25, 0.3) is 0 Å². The van der Waals surface area contributed by atoms with Crippen molar-refractivity contribution in [1.82, 2.24) is 15.1 Å². The highest BCUT2D eigenvalue weighted by molar-refractivity contribution is 14.0. The summed E-state index contributed by atoms with van der Waals surface area (Å²) in [6.45, 7) is 11.5. The molecule has 29 heavy (non-hydrogen) atoms. The molecule has 1 saturated heterocycles. The fourth-order valence-corrected chi connectivity index (χ4v) is 3.31. The summed E-state index contributed by atoms with van der Waals surface area (Å²) in [4.78, 5) is 9.47. The first-order valence-corrected chi connectivity index (χ1v) is 10.1. The number of nitrogens with zero attached hydrogens (tertiary/aromatic N) is 3. The van der Waals surface area contributed by atoms with Crippen molar-refractivity contribution in [1.29, 1.82) is 0 Å². The minimum absolute atomic E-state index is 0. The lowest BCUT2D eigenvalue weighted by atomic mass is 10.1. The maximum atomic E-state index is 5.53. The Kier molecular flexibility index (Phi) is 12.3. The van der Waals surface area contributed by atoms with E-state index in [-0.39, 0.29) is 24.0 Å². The van der Waals surface area contributed by atoms with Crippen LogP contribution >= 0.6 is 24.0 Å².